The van der Waals surface area contributed by atoms with Crippen LogP contribution in [0.2, 0.25) is 0 Å². The van der Waals surface area contributed by atoms with Gasteiger partial charge in [0.05, 0.1) is 6.42 Å². The number of anilines is 1. The summed E-state index contributed by atoms with van der Waals surface area (Å²) in [5.41, 5.74) is 7.12. The molecular weight excluding hydrogens is 218 g/mol. The molecule has 17 heavy (non-hydrogen) atoms. The van der Waals surface area contributed by atoms with Crippen LogP contribution in [0.5, 0.6) is 0 Å². The van der Waals surface area contributed by atoms with Crippen LogP contribution in [0, 0.1) is 0 Å². The number of carbonyl (C=O) groups is 1. The Hall–Kier alpha value is -1.55. The summed E-state index contributed by atoms with van der Waals surface area (Å²) in [7, 11) is 0. The molecule has 0 radical (unpaired) electrons. The molecule has 2 rings (SSSR count). The van der Waals surface area contributed by atoms with Crippen molar-refractivity contribution < 1.29 is 14.6 Å². The molecule has 92 valence electrons. The Balaban J connectivity index is 2.31. The maximum atomic E-state index is 11.0. The number of ether oxygens (including phenoxy) is 1. The average molecular weight is 235 g/mol. The highest BCUT2D eigenvalue weighted by Crippen LogP contribution is 2.38. The minimum absolute atomic E-state index is 0.153. The number of nitrogen functional groups attached to an aromatic ring is 1. The van der Waals surface area contributed by atoms with E-state index in [2.05, 4.69) is 0 Å². The summed E-state index contributed by atoms with van der Waals surface area (Å²) >= 11 is 0. The predicted molar refractivity (Wildman–Crippen MR) is 64.8 cm³/mol. The first-order chi connectivity index (χ1) is 8.12. The van der Waals surface area contributed by atoms with Crippen molar-refractivity contribution in [1.82, 2.24) is 0 Å². The molecule has 0 bridgehead atoms. The van der Waals surface area contributed by atoms with Crippen molar-refractivity contribution in [3.8, 4) is 0 Å². The van der Waals surface area contributed by atoms with E-state index in [0.717, 1.165) is 18.4 Å². The topological polar surface area (TPSA) is 72.6 Å². The van der Waals surface area contributed by atoms with Crippen LogP contribution in [0.4, 0.5) is 5.69 Å². The van der Waals surface area contributed by atoms with Gasteiger partial charge in [0.2, 0.25) is 0 Å². The molecule has 1 aromatic rings. The van der Waals surface area contributed by atoms with Gasteiger partial charge >= 0.3 is 5.97 Å². The van der Waals surface area contributed by atoms with E-state index >= 15 is 0 Å². The van der Waals surface area contributed by atoms with Crippen molar-refractivity contribution in [2.75, 3.05) is 18.9 Å². The summed E-state index contributed by atoms with van der Waals surface area (Å²) in [6.07, 6.45) is 1.66. The first-order valence-electron chi connectivity index (χ1n) is 5.78. The van der Waals surface area contributed by atoms with Gasteiger partial charge in [-0.05, 0) is 30.5 Å². The third-order valence-corrected chi connectivity index (χ3v) is 3.46. The second kappa shape index (κ2) is 4.75. The van der Waals surface area contributed by atoms with Gasteiger partial charge in [0.15, 0.2) is 0 Å². The molecule has 1 heterocycles. The van der Waals surface area contributed by atoms with E-state index in [0.29, 0.717) is 18.9 Å². The minimum atomic E-state index is -0.760. The fourth-order valence-electron chi connectivity index (χ4n) is 2.46. The zero-order valence-electron chi connectivity index (χ0n) is 9.69. The van der Waals surface area contributed by atoms with Gasteiger partial charge in [-0.1, -0.05) is 12.1 Å². The zero-order chi connectivity index (χ0) is 12.3. The molecule has 1 aliphatic heterocycles. The van der Waals surface area contributed by atoms with Gasteiger partial charge in [0, 0.05) is 24.3 Å². The first-order valence-corrected chi connectivity index (χ1v) is 5.78. The SMILES string of the molecule is Nc1ccc(C2(CC(=O)O)CCOCC2)cc1. The number of benzene rings is 1. The Morgan fingerprint density at radius 2 is 1.88 bits per heavy atom. The normalized spacial score (nSPS) is 18.8. The second-order valence-electron chi connectivity index (χ2n) is 4.59. The van der Waals surface area contributed by atoms with E-state index in [1.165, 1.54) is 0 Å². The molecule has 3 N–H and O–H groups in total. The van der Waals surface area contributed by atoms with Crippen LogP contribution in [0.1, 0.15) is 24.8 Å². The summed E-state index contributed by atoms with van der Waals surface area (Å²) in [6.45, 7) is 1.25. The summed E-state index contributed by atoms with van der Waals surface area (Å²) < 4.78 is 5.33. The lowest BCUT2D eigenvalue weighted by Gasteiger charge is -2.36. The first kappa shape index (κ1) is 11.9. The van der Waals surface area contributed by atoms with Crippen LogP contribution < -0.4 is 5.73 Å². The fraction of sp³-hybridized carbons (Fsp3) is 0.462. The second-order valence-corrected chi connectivity index (χ2v) is 4.59. The number of hydrogen-bond donors (Lipinski definition) is 2. The molecule has 1 saturated heterocycles. The van der Waals surface area contributed by atoms with Gasteiger partial charge in [0.25, 0.3) is 0 Å². The van der Waals surface area contributed by atoms with Gasteiger partial charge in [-0.2, -0.15) is 0 Å². The third kappa shape index (κ3) is 2.58. The molecule has 0 spiro atoms. The van der Waals surface area contributed by atoms with Crippen LogP contribution >= 0.6 is 0 Å². The molecule has 0 aliphatic carbocycles. The molecule has 4 heteroatoms. The quantitative estimate of drug-likeness (QED) is 0.783. The van der Waals surface area contributed by atoms with Crippen LogP contribution in [-0.4, -0.2) is 24.3 Å². The average Bonchev–Trinajstić information content (AvgIpc) is 2.30. The van der Waals surface area contributed by atoms with E-state index < -0.39 is 5.97 Å². The lowest BCUT2D eigenvalue weighted by molar-refractivity contribution is -0.139. The lowest BCUT2D eigenvalue weighted by Crippen LogP contribution is -2.36. The molecule has 1 aromatic carbocycles. The highest BCUT2D eigenvalue weighted by molar-refractivity contribution is 5.69. The predicted octanol–water partition coefficient (Wildman–Crippen LogP) is 1.79. The Kier molecular flexibility index (Phi) is 3.33. The monoisotopic (exact) mass is 235 g/mol. The number of aliphatic carboxylic acids is 1. The van der Waals surface area contributed by atoms with Crippen LogP contribution in [0.3, 0.4) is 0 Å². The van der Waals surface area contributed by atoms with E-state index in [-0.39, 0.29) is 11.8 Å². The molecule has 0 unspecified atom stereocenters. The fourth-order valence-corrected chi connectivity index (χ4v) is 2.46. The van der Waals surface area contributed by atoms with E-state index in [1.54, 1.807) is 0 Å². The summed E-state index contributed by atoms with van der Waals surface area (Å²) in [4.78, 5) is 11.0. The van der Waals surface area contributed by atoms with Gasteiger partial charge < -0.3 is 15.6 Å². The van der Waals surface area contributed by atoms with Gasteiger partial charge in [0.1, 0.15) is 0 Å². The molecule has 1 aliphatic rings. The summed E-state index contributed by atoms with van der Waals surface area (Å²) in [5, 5.41) is 9.08. The van der Waals surface area contributed by atoms with Crippen molar-refractivity contribution in [2.45, 2.75) is 24.7 Å². The van der Waals surface area contributed by atoms with Crippen LogP contribution in [-0.2, 0) is 14.9 Å². The van der Waals surface area contributed by atoms with Crippen molar-refractivity contribution in [3.05, 3.63) is 29.8 Å². The minimum Gasteiger partial charge on any atom is -0.481 e. The smallest absolute Gasteiger partial charge is 0.304 e. The Labute approximate surface area is 100 Å². The van der Waals surface area contributed by atoms with Crippen molar-refractivity contribution in [3.63, 3.8) is 0 Å². The lowest BCUT2D eigenvalue weighted by atomic mass is 9.72. The number of carboxylic acids is 1. The van der Waals surface area contributed by atoms with Gasteiger partial charge in [-0.25, -0.2) is 0 Å². The van der Waals surface area contributed by atoms with Crippen LogP contribution in [0.25, 0.3) is 0 Å². The summed E-state index contributed by atoms with van der Waals surface area (Å²) in [6, 6.07) is 7.52. The number of hydrogen-bond acceptors (Lipinski definition) is 3. The van der Waals surface area contributed by atoms with E-state index in [9.17, 15) is 4.79 Å². The molecule has 1 fully saturated rings. The third-order valence-electron chi connectivity index (χ3n) is 3.46. The number of rotatable bonds is 3. The molecule has 0 atom stereocenters. The molecular formula is C13H17NO3. The molecule has 0 aromatic heterocycles. The zero-order valence-corrected chi connectivity index (χ0v) is 9.69. The van der Waals surface area contributed by atoms with E-state index in [1.807, 2.05) is 24.3 Å². The Morgan fingerprint density at radius 3 is 2.41 bits per heavy atom. The molecule has 0 saturated carbocycles. The maximum absolute atomic E-state index is 11.0. The highest BCUT2D eigenvalue weighted by Gasteiger charge is 2.36. The number of nitrogens with two attached hydrogens (primary N) is 1. The largest absolute Gasteiger partial charge is 0.481 e. The van der Waals surface area contributed by atoms with Crippen molar-refractivity contribution in [2.24, 2.45) is 0 Å². The van der Waals surface area contributed by atoms with Crippen LogP contribution in [0.15, 0.2) is 24.3 Å². The van der Waals surface area contributed by atoms with Crippen molar-refractivity contribution in [1.29, 1.82) is 0 Å². The maximum Gasteiger partial charge on any atom is 0.304 e. The Morgan fingerprint density at radius 1 is 1.29 bits per heavy atom. The van der Waals surface area contributed by atoms with Gasteiger partial charge in [-0.3, -0.25) is 4.79 Å². The standard InChI is InChI=1S/C13H17NO3/c14-11-3-1-10(2-4-11)13(9-12(15)16)5-7-17-8-6-13/h1-4H,5-9,14H2,(H,15,16). The molecule has 0 amide bonds. The number of carboxylic acid groups (broad SMARTS) is 1. The molecule has 4 nitrogen and oxygen atoms in total. The summed E-state index contributed by atoms with van der Waals surface area (Å²) in [5.74, 6) is -0.760. The highest BCUT2D eigenvalue weighted by atomic mass is 16.5. The van der Waals surface area contributed by atoms with Gasteiger partial charge in [-0.15, -0.1) is 0 Å². The van der Waals surface area contributed by atoms with Crippen molar-refractivity contribution >= 4 is 11.7 Å². The van der Waals surface area contributed by atoms with E-state index in [4.69, 9.17) is 15.6 Å². The Bertz CT molecular complexity index is 394.